The van der Waals surface area contributed by atoms with E-state index >= 15 is 0 Å². The number of aryl methyl sites for hydroxylation is 2. The Morgan fingerprint density at radius 1 is 1.11 bits per heavy atom. The number of rotatable bonds is 1. The minimum Gasteiger partial charge on any atom is -0.338 e. The molecule has 1 aromatic carbocycles. The molecule has 0 spiro atoms. The second kappa shape index (κ2) is 4.20. The first kappa shape index (κ1) is 11.2. The molecule has 1 fully saturated rings. The Morgan fingerprint density at radius 3 is 2.68 bits per heavy atom. The van der Waals surface area contributed by atoms with Crippen LogP contribution in [-0.4, -0.2) is 23.9 Å². The van der Waals surface area contributed by atoms with E-state index in [1.165, 1.54) is 21.6 Å². The molecule has 19 heavy (non-hydrogen) atoms. The van der Waals surface area contributed by atoms with Gasteiger partial charge in [0.2, 0.25) is 0 Å². The van der Waals surface area contributed by atoms with Gasteiger partial charge >= 0.3 is 0 Å². The van der Waals surface area contributed by atoms with E-state index in [2.05, 4.69) is 30.3 Å². The molecule has 0 radical (unpaired) electrons. The summed E-state index contributed by atoms with van der Waals surface area (Å²) in [6.45, 7) is 1.86. The summed E-state index contributed by atoms with van der Waals surface area (Å²) in [6, 6.07) is 10.7. The van der Waals surface area contributed by atoms with Crippen molar-refractivity contribution < 1.29 is 4.79 Å². The van der Waals surface area contributed by atoms with Gasteiger partial charge in [0, 0.05) is 18.0 Å². The van der Waals surface area contributed by atoms with Gasteiger partial charge in [-0.15, -0.1) is 11.3 Å². The molecule has 0 N–H and O–H groups in total. The van der Waals surface area contributed by atoms with Gasteiger partial charge in [-0.2, -0.15) is 0 Å². The zero-order valence-electron chi connectivity index (χ0n) is 10.7. The lowest BCUT2D eigenvalue weighted by Gasteiger charge is -2.30. The lowest BCUT2D eigenvalue weighted by molar-refractivity contribution is 0.0657. The zero-order chi connectivity index (χ0) is 12.8. The Kier molecular flexibility index (Phi) is 2.49. The summed E-state index contributed by atoms with van der Waals surface area (Å²) in [4.78, 5) is 16.5. The molecule has 3 heteroatoms. The van der Waals surface area contributed by atoms with E-state index in [0.29, 0.717) is 0 Å². The molecule has 2 heterocycles. The van der Waals surface area contributed by atoms with E-state index in [1.54, 1.807) is 11.3 Å². The lowest BCUT2D eigenvalue weighted by Crippen LogP contribution is -2.41. The molecule has 0 unspecified atom stereocenters. The predicted octanol–water partition coefficient (Wildman–Crippen LogP) is 3.36. The van der Waals surface area contributed by atoms with Gasteiger partial charge in [0.1, 0.15) is 0 Å². The Bertz CT molecular complexity index is 655. The summed E-state index contributed by atoms with van der Waals surface area (Å²) in [6.07, 6.45) is 3.31. The van der Waals surface area contributed by atoms with Crippen LogP contribution in [0.1, 0.15) is 27.2 Å². The smallest absolute Gasteiger partial charge is 0.263 e. The van der Waals surface area contributed by atoms with E-state index in [4.69, 9.17) is 0 Å². The number of hydrogen-bond acceptors (Lipinski definition) is 2. The van der Waals surface area contributed by atoms with Crippen molar-refractivity contribution in [3.63, 3.8) is 0 Å². The average Bonchev–Trinajstić information content (AvgIpc) is 2.81. The molecule has 1 aliphatic carbocycles. The van der Waals surface area contributed by atoms with E-state index in [9.17, 15) is 4.79 Å². The highest BCUT2D eigenvalue weighted by atomic mass is 32.1. The third-order valence-electron chi connectivity index (χ3n) is 4.09. The minimum atomic E-state index is 0.225. The minimum absolute atomic E-state index is 0.225. The van der Waals surface area contributed by atoms with Gasteiger partial charge < -0.3 is 4.90 Å². The van der Waals surface area contributed by atoms with Crippen LogP contribution in [0.15, 0.2) is 30.3 Å². The Balaban J connectivity index is 1.76. The van der Waals surface area contributed by atoms with Crippen molar-refractivity contribution in [1.82, 2.24) is 4.90 Å². The highest BCUT2D eigenvalue weighted by molar-refractivity contribution is 7.17. The molecule has 0 atom stereocenters. The highest BCUT2D eigenvalue weighted by Crippen LogP contribution is 2.39. The summed E-state index contributed by atoms with van der Waals surface area (Å²) in [5, 5.41) is 0. The summed E-state index contributed by atoms with van der Waals surface area (Å²) >= 11 is 1.67. The molecule has 2 aromatic rings. The van der Waals surface area contributed by atoms with E-state index in [0.717, 1.165) is 37.2 Å². The van der Waals surface area contributed by atoms with Gasteiger partial charge in [-0.3, -0.25) is 4.79 Å². The SMILES string of the molecule is O=C(c1cc2c(s1)-c1ccccc1CC2)N1CCC1. The molecule has 1 aromatic heterocycles. The number of benzene rings is 1. The van der Waals surface area contributed by atoms with Gasteiger partial charge in [-0.1, -0.05) is 24.3 Å². The molecule has 96 valence electrons. The summed E-state index contributed by atoms with van der Waals surface area (Å²) in [7, 11) is 0. The van der Waals surface area contributed by atoms with Crippen molar-refractivity contribution in [2.24, 2.45) is 0 Å². The fourth-order valence-corrected chi connectivity index (χ4v) is 4.09. The second-order valence-corrected chi connectivity index (χ2v) is 6.32. The van der Waals surface area contributed by atoms with Gasteiger partial charge in [0.25, 0.3) is 5.91 Å². The predicted molar refractivity (Wildman–Crippen MR) is 77.7 cm³/mol. The molecule has 0 saturated carbocycles. The molecular formula is C16H15NOS. The number of carbonyl (C=O) groups is 1. The Morgan fingerprint density at radius 2 is 1.89 bits per heavy atom. The van der Waals surface area contributed by atoms with Crippen LogP contribution in [0.4, 0.5) is 0 Å². The standard InChI is InChI=1S/C16H15NOS/c18-16(17-8-3-9-17)14-10-12-7-6-11-4-1-2-5-13(11)15(12)19-14/h1-2,4-5,10H,3,6-9H2. The van der Waals surface area contributed by atoms with Crippen molar-refractivity contribution in [2.75, 3.05) is 13.1 Å². The van der Waals surface area contributed by atoms with Crippen molar-refractivity contribution >= 4 is 17.2 Å². The number of carbonyl (C=O) groups excluding carboxylic acids is 1. The third-order valence-corrected chi connectivity index (χ3v) is 5.29. The topological polar surface area (TPSA) is 20.3 Å². The van der Waals surface area contributed by atoms with Crippen LogP contribution in [0.5, 0.6) is 0 Å². The largest absolute Gasteiger partial charge is 0.338 e. The van der Waals surface area contributed by atoms with E-state index < -0.39 is 0 Å². The van der Waals surface area contributed by atoms with Gasteiger partial charge in [-0.05, 0) is 42.0 Å². The third kappa shape index (κ3) is 1.72. The van der Waals surface area contributed by atoms with Gasteiger partial charge in [0.05, 0.1) is 4.88 Å². The van der Waals surface area contributed by atoms with E-state index in [-0.39, 0.29) is 5.91 Å². The maximum Gasteiger partial charge on any atom is 0.263 e. The molecule has 1 aliphatic heterocycles. The first-order valence-electron chi connectivity index (χ1n) is 6.83. The molecular weight excluding hydrogens is 254 g/mol. The Labute approximate surface area is 116 Å². The number of amides is 1. The van der Waals surface area contributed by atoms with Crippen molar-refractivity contribution in [3.8, 4) is 10.4 Å². The van der Waals surface area contributed by atoms with Crippen LogP contribution >= 0.6 is 11.3 Å². The monoisotopic (exact) mass is 269 g/mol. The highest BCUT2D eigenvalue weighted by Gasteiger charge is 2.26. The molecule has 1 saturated heterocycles. The summed E-state index contributed by atoms with van der Waals surface area (Å²) in [5.74, 6) is 0.225. The first-order valence-corrected chi connectivity index (χ1v) is 7.65. The fraction of sp³-hybridized carbons (Fsp3) is 0.312. The molecule has 0 bridgehead atoms. The van der Waals surface area contributed by atoms with Crippen molar-refractivity contribution in [3.05, 3.63) is 46.3 Å². The fourth-order valence-electron chi connectivity index (χ4n) is 2.85. The average molecular weight is 269 g/mol. The van der Waals surface area contributed by atoms with Crippen molar-refractivity contribution in [2.45, 2.75) is 19.3 Å². The number of fused-ring (bicyclic) bond motifs is 3. The van der Waals surface area contributed by atoms with Crippen molar-refractivity contribution in [1.29, 1.82) is 0 Å². The van der Waals surface area contributed by atoms with Gasteiger partial charge in [0.15, 0.2) is 0 Å². The maximum absolute atomic E-state index is 12.3. The summed E-state index contributed by atoms with van der Waals surface area (Å²) < 4.78 is 0. The van der Waals surface area contributed by atoms with Gasteiger partial charge in [-0.25, -0.2) is 0 Å². The zero-order valence-corrected chi connectivity index (χ0v) is 11.5. The number of hydrogen-bond donors (Lipinski definition) is 0. The Hall–Kier alpha value is -1.61. The van der Waals surface area contributed by atoms with Crippen LogP contribution in [-0.2, 0) is 12.8 Å². The van der Waals surface area contributed by atoms with Crippen LogP contribution < -0.4 is 0 Å². The molecule has 1 amide bonds. The molecule has 4 rings (SSSR count). The van der Waals surface area contributed by atoms with Crippen LogP contribution in [0.3, 0.4) is 0 Å². The number of thiophene rings is 1. The summed E-state index contributed by atoms with van der Waals surface area (Å²) in [5.41, 5.74) is 4.10. The normalized spacial score (nSPS) is 16.5. The lowest BCUT2D eigenvalue weighted by atomic mass is 9.91. The quantitative estimate of drug-likeness (QED) is 0.777. The second-order valence-electron chi connectivity index (χ2n) is 5.27. The first-order chi connectivity index (χ1) is 9.33. The number of nitrogens with zero attached hydrogens (tertiary/aromatic N) is 1. The van der Waals surface area contributed by atoms with Crippen LogP contribution in [0, 0.1) is 0 Å². The van der Waals surface area contributed by atoms with Crippen LogP contribution in [0.25, 0.3) is 10.4 Å². The molecule has 2 nitrogen and oxygen atoms in total. The molecule has 2 aliphatic rings. The van der Waals surface area contributed by atoms with Crippen LogP contribution in [0.2, 0.25) is 0 Å². The maximum atomic E-state index is 12.3. The number of likely N-dealkylation sites (tertiary alicyclic amines) is 1. The van der Waals surface area contributed by atoms with E-state index in [1.807, 2.05) is 4.90 Å².